The smallest absolute Gasteiger partial charge is 0.242 e. The number of carbonyl (C=O) groups is 1. The second-order valence-corrected chi connectivity index (χ2v) is 6.88. The summed E-state index contributed by atoms with van der Waals surface area (Å²) in [5, 5.41) is 0.144. The van der Waals surface area contributed by atoms with Gasteiger partial charge in [-0.1, -0.05) is 17.7 Å². The summed E-state index contributed by atoms with van der Waals surface area (Å²) in [6.07, 6.45) is 0. The van der Waals surface area contributed by atoms with Crippen LogP contribution in [0.4, 0.5) is 0 Å². The minimum absolute atomic E-state index is 0.0195. The molecule has 1 aromatic rings. The second-order valence-electron chi connectivity index (χ2n) is 4.79. The highest BCUT2D eigenvalue weighted by Gasteiger charge is 2.26. The molecule has 0 spiro atoms. The average molecular weight is 333 g/mol. The summed E-state index contributed by atoms with van der Waals surface area (Å²) < 4.78 is 27.0. The molecule has 1 amide bonds. The zero-order valence-corrected chi connectivity index (χ0v) is 14.3. The average Bonchev–Trinajstić information content (AvgIpc) is 2.38. The Morgan fingerprint density at radius 2 is 1.90 bits per heavy atom. The van der Waals surface area contributed by atoms with Gasteiger partial charge in [0.25, 0.3) is 0 Å². The molecule has 1 atom stereocenters. The molecule has 0 saturated carbocycles. The third kappa shape index (κ3) is 4.43. The normalized spacial score (nSPS) is 13.0. The van der Waals surface area contributed by atoms with Crippen LogP contribution in [0, 0.1) is 6.92 Å². The molecule has 0 bridgehead atoms. The lowest BCUT2D eigenvalue weighted by Crippen LogP contribution is -2.46. The Labute approximate surface area is 131 Å². The van der Waals surface area contributed by atoms with Crippen LogP contribution in [0.3, 0.4) is 0 Å². The van der Waals surface area contributed by atoms with E-state index in [0.717, 1.165) is 5.56 Å². The van der Waals surface area contributed by atoms with Gasteiger partial charge in [0.05, 0.1) is 11.1 Å². The zero-order chi connectivity index (χ0) is 16.2. The summed E-state index contributed by atoms with van der Waals surface area (Å²) >= 11 is 5.98. The van der Waals surface area contributed by atoms with E-state index in [1.54, 1.807) is 17.0 Å². The van der Waals surface area contributed by atoms with Crippen LogP contribution in [-0.4, -0.2) is 38.4 Å². The Kier molecular flexibility index (Phi) is 6.19. The van der Waals surface area contributed by atoms with E-state index in [1.165, 1.54) is 13.0 Å². The lowest BCUT2D eigenvalue weighted by atomic mass is 10.2. The number of rotatable bonds is 6. The van der Waals surface area contributed by atoms with Gasteiger partial charge in [-0.2, -0.15) is 4.72 Å². The van der Waals surface area contributed by atoms with Crippen molar-refractivity contribution in [2.45, 2.75) is 38.6 Å². The van der Waals surface area contributed by atoms with E-state index in [1.807, 2.05) is 20.8 Å². The lowest BCUT2D eigenvalue weighted by molar-refractivity contribution is -0.132. The summed E-state index contributed by atoms with van der Waals surface area (Å²) in [6.45, 7) is 8.11. The van der Waals surface area contributed by atoms with Crippen molar-refractivity contribution in [3.63, 3.8) is 0 Å². The van der Waals surface area contributed by atoms with Crippen LogP contribution in [0.1, 0.15) is 26.3 Å². The van der Waals surface area contributed by atoms with E-state index < -0.39 is 16.1 Å². The molecule has 1 rings (SSSR count). The quantitative estimate of drug-likeness (QED) is 0.868. The fourth-order valence-corrected chi connectivity index (χ4v) is 3.78. The highest BCUT2D eigenvalue weighted by molar-refractivity contribution is 7.89. The number of amides is 1. The van der Waals surface area contributed by atoms with Crippen LogP contribution in [0.2, 0.25) is 5.02 Å². The van der Waals surface area contributed by atoms with Gasteiger partial charge in [-0.3, -0.25) is 4.79 Å². The van der Waals surface area contributed by atoms with Crippen LogP contribution < -0.4 is 4.72 Å². The van der Waals surface area contributed by atoms with Gasteiger partial charge < -0.3 is 4.90 Å². The van der Waals surface area contributed by atoms with Gasteiger partial charge >= 0.3 is 0 Å². The van der Waals surface area contributed by atoms with E-state index in [-0.39, 0.29) is 15.8 Å². The van der Waals surface area contributed by atoms with Crippen molar-refractivity contribution < 1.29 is 13.2 Å². The number of likely N-dealkylation sites (N-methyl/N-ethyl adjacent to an activating group) is 1. The Morgan fingerprint density at radius 1 is 1.33 bits per heavy atom. The molecule has 0 aliphatic carbocycles. The molecule has 21 heavy (non-hydrogen) atoms. The van der Waals surface area contributed by atoms with E-state index in [9.17, 15) is 13.2 Å². The van der Waals surface area contributed by atoms with Gasteiger partial charge in [0, 0.05) is 13.1 Å². The minimum atomic E-state index is -3.83. The minimum Gasteiger partial charge on any atom is -0.342 e. The molecule has 0 fully saturated rings. The summed E-state index contributed by atoms with van der Waals surface area (Å²) in [4.78, 5) is 13.7. The van der Waals surface area contributed by atoms with Gasteiger partial charge in [-0.05, 0) is 45.4 Å². The van der Waals surface area contributed by atoms with Crippen molar-refractivity contribution in [3.05, 3.63) is 28.8 Å². The van der Waals surface area contributed by atoms with E-state index in [4.69, 9.17) is 11.6 Å². The first-order chi connectivity index (χ1) is 9.72. The molecule has 7 heteroatoms. The van der Waals surface area contributed by atoms with Gasteiger partial charge in [0.2, 0.25) is 15.9 Å². The number of hydrogen-bond donors (Lipinski definition) is 1. The molecule has 0 aliphatic heterocycles. The largest absolute Gasteiger partial charge is 0.342 e. The number of halogens is 1. The van der Waals surface area contributed by atoms with E-state index in [0.29, 0.717) is 13.1 Å². The van der Waals surface area contributed by atoms with Gasteiger partial charge in [-0.25, -0.2) is 8.42 Å². The second kappa shape index (κ2) is 7.24. The highest BCUT2D eigenvalue weighted by Crippen LogP contribution is 2.22. The number of nitrogens with zero attached hydrogens (tertiary/aromatic N) is 1. The summed E-state index contributed by atoms with van der Waals surface area (Å²) in [7, 11) is -3.83. The Hall–Kier alpha value is -1.11. The molecular weight excluding hydrogens is 312 g/mol. The van der Waals surface area contributed by atoms with Crippen molar-refractivity contribution in [2.75, 3.05) is 13.1 Å². The number of aryl methyl sites for hydroxylation is 1. The maximum Gasteiger partial charge on any atom is 0.242 e. The predicted octanol–water partition coefficient (Wildman–Crippen LogP) is 2.18. The SMILES string of the molecule is CCN(CC)C(=O)[C@H](C)NS(=O)(=O)c1ccc(C)cc1Cl. The van der Waals surface area contributed by atoms with Crippen LogP contribution in [0.15, 0.2) is 23.1 Å². The van der Waals surface area contributed by atoms with Crippen molar-refractivity contribution in [1.29, 1.82) is 0 Å². The molecule has 0 aromatic heterocycles. The van der Waals surface area contributed by atoms with Crippen LogP contribution in [-0.2, 0) is 14.8 Å². The number of carbonyl (C=O) groups excluding carboxylic acids is 1. The van der Waals surface area contributed by atoms with Gasteiger partial charge in [-0.15, -0.1) is 0 Å². The fraction of sp³-hybridized carbons (Fsp3) is 0.500. The first-order valence-electron chi connectivity index (χ1n) is 6.80. The lowest BCUT2D eigenvalue weighted by Gasteiger charge is -2.23. The molecule has 0 unspecified atom stereocenters. The zero-order valence-electron chi connectivity index (χ0n) is 12.7. The number of sulfonamides is 1. The van der Waals surface area contributed by atoms with Crippen molar-refractivity contribution in [2.24, 2.45) is 0 Å². The maximum atomic E-state index is 12.3. The summed E-state index contributed by atoms with van der Waals surface area (Å²) in [6, 6.07) is 3.84. The molecule has 0 aliphatic rings. The highest BCUT2D eigenvalue weighted by atomic mass is 35.5. The molecule has 0 radical (unpaired) electrons. The predicted molar refractivity (Wildman–Crippen MR) is 83.9 cm³/mol. The number of hydrogen-bond acceptors (Lipinski definition) is 3. The molecule has 1 aromatic carbocycles. The number of nitrogens with one attached hydrogen (secondary N) is 1. The molecule has 118 valence electrons. The number of benzene rings is 1. The molecule has 5 nitrogen and oxygen atoms in total. The third-order valence-electron chi connectivity index (χ3n) is 3.15. The Balaban J connectivity index is 2.97. The Bertz CT molecular complexity index is 613. The molecule has 1 N–H and O–H groups in total. The van der Waals surface area contributed by atoms with Gasteiger partial charge in [0.15, 0.2) is 0 Å². The van der Waals surface area contributed by atoms with Crippen LogP contribution in [0.5, 0.6) is 0 Å². The first kappa shape index (κ1) is 17.9. The Morgan fingerprint density at radius 3 is 2.38 bits per heavy atom. The van der Waals surface area contributed by atoms with Crippen LogP contribution >= 0.6 is 11.6 Å². The maximum absolute atomic E-state index is 12.3. The topological polar surface area (TPSA) is 66.5 Å². The van der Waals surface area contributed by atoms with Gasteiger partial charge in [0.1, 0.15) is 4.90 Å². The van der Waals surface area contributed by atoms with Crippen LogP contribution in [0.25, 0.3) is 0 Å². The summed E-state index contributed by atoms with van der Waals surface area (Å²) in [5.74, 6) is -0.258. The van der Waals surface area contributed by atoms with Crippen molar-refractivity contribution in [1.82, 2.24) is 9.62 Å². The van der Waals surface area contributed by atoms with E-state index in [2.05, 4.69) is 4.72 Å². The standard InChI is InChI=1S/C14H21ClN2O3S/c1-5-17(6-2)14(18)11(4)16-21(19,20)13-8-7-10(3)9-12(13)15/h7-9,11,16H,5-6H2,1-4H3/t11-/m0/s1. The van der Waals surface area contributed by atoms with Crippen molar-refractivity contribution in [3.8, 4) is 0 Å². The third-order valence-corrected chi connectivity index (χ3v) is 5.18. The van der Waals surface area contributed by atoms with Crippen molar-refractivity contribution >= 4 is 27.5 Å². The first-order valence-corrected chi connectivity index (χ1v) is 8.66. The molecular formula is C14H21ClN2O3S. The molecule has 0 saturated heterocycles. The monoisotopic (exact) mass is 332 g/mol. The molecule has 0 heterocycles. The van der Waals surface area contributed by atoms with E-state index >= 15 is 0 Å². The fourth-order valence-electron chi connectivity index (χ4n) is 1.98. The summed E-state index contributed by atoms with van der Waals surface area (Å²) in [5.41, 5.74) is 0.867.